The normalized spacial score (nSPS) is 11.1. The highest BCUT2D eigenvalue weighted by Crippen LogP contribution is 2.07. The predicted molar refractivity (Wildman–Crippen MR) is 79.2 cm³/mol. The molecule has 0 rings (SSSR count). The summed E-state index contributed by atoms with van der Waals surface area (Å²) in [4.78, 5) is 26.6. The Labute approximate surface area is 125 Å². The molecule has 8 nitrogen and oxygen atoms in total. The average Bonchev–Trinajstić information content (AvgIpc) is 2.34. The van der Waals surface area contributed by atoms with Gasteiger partial charge in [0.05, 0.1) is 5.60 Å². The lowest BCUT2D eigenvalue weighted by molar-refractivity contribution is -0.306. The van der Waals surface area contributed by atoms with Gasteiger partial charge in [-0.25, -0.2) is 9.68 Å². The standard InChI is InChI=1S/C8H17NO2.C4H10O2.CH2O3/c1-3-4-5-6-7-8(2)11-9-10;1-4(2,3)6-5;2-1(3)4/h8H,3-7H2,1-2H3;5H,1-3H3;(H2,2,3,4). The minimum atomic E-state index is -1.83. The number of carbonyl (C=O) groups is 1. The Morgan fingerprint density at radius 3 is 1.90 bits per heavy atom. The summed E-state index contributed by atoms with van der Waals surface area (Å²) in [6.07, 6.45) is 3.95. The smallest absolute Gasteiger partial charge is 0.450 e. The van der Waals surface area contributed by atoms with E-state index in [4.69, 9.17) is 20.3 Å². The van der Waals surface area contributed by atoms with Crippen molar-refractivity contribution in [3.05, 3.63) is 4.91 Å². The van der Waals surface area contributed by atoms with Crippen LogP contribution in [-0.2, 0) is 9.73 Å². The van der Waals surface area contributed by atoms with Gasteiger partial charge >= 0.3 is 6.16 Å². The number of rotatable bonds is 7. The fourth-order valence-electron chi connectivity index (χ4n) is 0.985. The van der Waals surface area contributed by atoms with Crippen LogP contribution in [0, 0.1) is 4.91 Å². The Hall–Kier alpha value is -1.41. The summed E-state index contributed by atoms with van der Waals surface area (Å²) in [5, 5.41) is 24.2. The highest BCUT2D eigenvalue weighted by molar-refractivity contribution is 5.53. The molecule has 0 aliphatic carbocycles. The highest BCUT2D eigenvalue weighted by atomic mass is 17.1. The second-order valence-corrected chi connectivity index (χ2v) is 5.33. The molecule has 0 spiro atoms. The Balaban J connectivity index is -0.000000272. The molecule has 0 aromatic carbocycles. The number of hydrogen-bond donors (Lipinski definition) is 3. The van der Waals surface area contributed by atoms with Crippen molar-refractivity contribution in [3.63, 3.8) is 0 Å². The van der Waals surface area contributed by atoms with Crippen LogP contribution in [0.5, 0.6) is 0 Å². The summed E-state index contributed by atoms with van der Waals surface area (Å²) in [7, 11) is 0. The van der Waals surface area contributed by atoms with Crippen molar-refractivity contribution in [1.82, 2.24) is 0 Å². The fourth-order valence-corrected chi connectivity index (χ4v) is 0.985. The van der Waals surface area contributed by atoms with E-state index in [0.717, 1.165) is 12.8 Å². The molecule has 1 atom stereocenters. The van der Waals surface area contributed by atoms with E-state index in [1.54, 1.807) is 20.8 Å². The molecule has 0 aromatic heterocycles. The highest BCUT2D eigenvalue weighted by Gasteiger charge is 2.07. The van der Waals surface area contributed by atoms with Crippen molar-refractivity contribution in [2.45, 2.75) is 78.4 Å². The molecule has 0 aromatic rings. The lowest BCUT2D eigenvalue weighted by Crippen LogP contribution is -2.15. The van der Waals surface area contributed by atoms with Crippen LogP contribution in [0.1, 0.15) is 66.7 Å². The van der Waals surface area contributed by atoms with Crippen molar-refractivity contribution in [2.24, 2.45) is 5.34 Å². The van der Waals surface area contributed by atoms with E-state index in [1.807, 2.05) is 6.92 Å². The maximum atomic E-state index is 9.63. The van der Waals surface area contributed by atoms with Crippen molar-refractivity contribution < 1.29 is 30.0 Å². The zero-order valence-electron chi connectivity index (χ0n) is 13.5. The topological polar surface area (TPSA) is 126 Å². The third kappa shape index (κ3) is 45.6. The van der Waals surface area contributed by atoms with E-state index in [0.29, 0.717) is 0 Å². The van der Waals surface area contributed by atoms with Gasteiger partial charge in [-0.3, -0.25) is 5.26 Å². The van der Waals surface area contributed by atoms with Gasteiger partial charge in [-0.05, 0) is 40.5 Å². The van der Waals surface area contributed by atoms with Gasteiger partial charge in [0.2, 0.25) is 0 Å². The van der Waals surface area contributed by atoms with E-state index in [1.165, 1.54) is 19.3 Å². The average molecular weight is 311 g/mol. The first-order chi connectivity index (χ1) is 9.60. The van der Waals surface area contributed by atoms with Gasteiger partial charge < -0.3 is 15.1 Å². The Morgan fingerprint density at radius 1 is 1.19 bits per heavy atom. The minimum absolute atomic E-state index is 0.00986. The molecule has 8 heteroatoms. The van der Waals surface area contributed by atoms with E-state index in [-0.39, 0.29) is 6.10 Å². The van der Waals surface area contributed by atoms with Crippen LogP contribution in [0.3, 0.4) is 0 Å². The van der Waals surface area contributed by atoms with Gasteiger partial charge in [0.15, 0.2) is 5.34 Å². The van der Waals surface area contributed by atoms with Gasteiger partial charge in [0.1, 0.15) is 6.10 Å². The second kappa shape index (κ2) is 16.6. The van der Waals surface area contributed by atoms with Crippen LogP contribution in [0.25, 0.3) is 0 Å². The summed E-state index contributed by atoms with van der Waals surface area (Å²) in [5.41, 5.74) is -0.403. The van der Waals surface area contributed by atoms with Crippen LogP contribution >= 0.6 is 0 Å². The first kappa shape index (κ1) is 24.6. The van der Waals surface area contributed by atoms with Crippen LogP contribution in [0.2, 0.25) is 0 Å². The quantitative estimate of drug-likeness (QED) is 0.272. The number of hydrogen-bond acceptors (Lipinski definition) is 6. The maximum absolute atomic E-state index is 9.63. The molecule has 0 radical (unpaired) electrons. The molecular formula is C13H29NO7. The van der Waals surface area contributed by atoms with Gasteiger partial charge in [-0.15, -0.1) is 4.91 Å². The second-order valence-electron chi connectivity index (χ2n) is 5.33. The third-order valence-electron chi connectivity index (χ3n) is 1.96. The number of carboxylic acid groups (broad SMARTS) is 2. The van der Waals surface area contributed by atoms with Gasteiger partial charge in [-0.1, -0.05) is 26.2 Å². The fraction of sp³-hybridized carbons (Fsp3) is 0.923. The predicted octanol–water partition coefficient (Wildman–Crippen LogP) is 4.54. The monoisotopic (exact) mass is 311 g/mol. The van der Waals surface area contributed by atoms with Crippen molar-refractivity contribution in [3.8, 4) is 0 Å². The lowest BCUT2D eigenvalue weighted by atomic mass is 10.1. The van der Waals surface area contributed by atoms with Crippen LogP contribution in [0.4, 0.5) is 4.79 Å². The molecule has 128 valence electrons. The van der Waals surface area contributed by atoms with Gasteiger partial charge in [0, 0.05) is 0 Å². The van der Waals surface area contributed by atoms with E-state index in [2.05, 4.69) is 22.0 Å². The Morgan fingerprint density at radius 2 is 1.62 bits per heavy atom. The minimum Gasteiger partial charge on any atom is -0.450 e. The summed E-state index contributed by atoms with van der Waals surface area (Å²) >= 11 is 0. The molecule has 0 bridgehead atoms. The van der Waals surface area contributed by atoms with E-state index < -0.39 is 11.8 Å². The maximum Gasteiger partial charge on any atom is 0.503 e. The van der Waals surface area contributed by atoms with Gasteiger partial charge in [-0.2, -0.15) is 0 Å². The SMILES string of the molecule is CC(C)(C)OO.CCCCCCC(C)ON=O.O=C(O)O. The Bertz CT molecular complexity index is 237. The van der Waals surface area contributed by atoms with E-state index >= 15 is 0 Å². The largest absolute Gasteiger partial charge is 0.503 e. The van der Waals surface area contributed by atoms with Gasteiger partial charge in [0.25, 0.3) is 0 Å². The molecule has 0 aliphatic rings. The number of nitrogens with zero attached hydrogens (tertiary/aromatic N) is 1. The summed E-state index contributed by atoms with van der Waals surface area (Å²) in [6.45, 7) is 9.35. The van der Waals surface area contributed by atoms with Crippen molar-refractivity contribution in [1.29, 1.82) is 0 Å². The summed E-state index contributed by atoms with van der Waals surface area (Å²) in [5.74, 6) is 0. The molecular weight excluding hydrogens is 282 g/mol. The summed E-state index contributed by atoms with van der Waals surface area (Å²) in [6, 6.07) is 0. The molecule has 0 amide bonds. The number of unbranched alkanes of at least 4 members (excludes halogenated alkanes) is 3. The summed E-state index contributed by atoms with van der Waals surface area (Å²) < 4.78 is 0. The molecule has 21 heavy (non-hydrogen) atoms. The van der Waals surface area contributed by atoms with Crippen LogP contribution in [-0.4, -0.2) is 33.3 Å². The van der Waals surface area contributed by atoms with E-state index in [9.17, 15) is 4.91 Å². The van der Waals surface area contributed by atoms with Crippen molar-refractivity contribution >= 4 is 6.16 Å². The molecule has 0 fully saturated rings. The van der Waals surface area contributed by atoms with Crippen molar-refractivity contribution in [2.75, 3.05) is 0 Å². The molecule has 0 aliphatic heterocycles. The molecule has 0 saturated carbocycles. The Kier molecular flexibility index (Phi) is 19.5. The third-order valence-corrected chi connectivity index (χ3v) is 1.96. The van der Waals surface area contributed by atoms with Crippen LogP contribution < -0.4 is 0 Å². The first-order valence-corrected chi connectivity index (χ1v) is 6.83. The first-order valence-electron chi connectivity index (χ1n) is 6.83. The lowest BCUT2D eigenvalue weighted by Gasteiger charge is -2.10. The van der Waals surface area contributed by atoms with Crippen LogP contribution in [0.15, 0.2) is 5.34 Å². The zero-order chi connectivity index (χ0) is 17.3. The molecule has 0 saturated heterocycles. The molecule has 3 N–H and O–H groups in total. The zero-order valence-corrected chi connectivity index (χ0v) is 13.5. The molecule has 1 unspecified atom stereocenters. The molecule has 0 heterocycles.